The van der Waals surface area contributed by atoms with Crippen LogP contribution in [-0.2, 0) is 16.0 Å². The monoisotopic (exact) mass is 428 g/mol. The molecule has 2 fully saturated rings. The molecule has 1 aliphatic carbocycles. The van der Waals surface area contributed by atoms with E-state index in [2.05, 4.69) is 9.80 Å². The Hall–Kier alpha value is -0.460. The molecule has 148 valence electrons. The molecule has 0 spiro atoms. The first-order chi connectivity index (χ1) is 13.1. The molecule has 2 saturated heterocycles. The maximum absolute atomic E-state index is 13.6. The molecular weight excluding hydrogens is 403 g/mol. The predicted molar refractivity (Wildman–Crippen MR) is 112 cm³/mol. The number of carbonyl (C=O) groups excluding carboxylic acids is 1. The molecular formula is C20H26Cl2N2O2S. The summed E-state index contributed by atoms with van der Waals surface area (Å²) in [6.45, 7) is 5.30. The Bertz CT molecular complexity index is 697. The number of carbonyl (C=O) groups is 1. The summed E-state index contributed by atoms with van der Waals surface area (Å²) in [6.07, 6.45) is 2.90. The maximum atomic E-state index is 13.6. The molecule has 1 aromatic rings. The minimum atomic E-state index is -0.0844. The molecule has 4 nitrogen and oxygen atoms in total. The van der Waals surface area contributed by atoms with E-state index < -0.39 is 0 Å². The third kappa shape index (κ3) is 4.43. The van der Waals surface area contributed by atoms with Crippen molar-refractivity contribution in [1.29, 1.82) is 0 Å². The fraction of sp³-hybridized carbons (Fsp3) is 0.650. The van der Waals surface area contributed by atoms with Gasteiger partial charge < -0.3 is 9.64 Å². The highest BCUT2D eigenvalue weighted by molar-refractivity contribution is 7.99. The molecule has 2 aliphatic heterocycles. The van der Waals surface area contributed by atoms with Crippen LogP contribution in [-0.4, -0.2) is 72.6 Å². The molecule has 0 N–H and O–H groups in total. The SMILES string of the molecule is O=C(C1CCCc2cc(Cl)c(Cl)cc21)N1CCSCC1CN1CCOCC1. The quantitative estimate of drug-likeness (QED) is 0.734. The van der Waals surface area contributed by atoms with Crippen LogP contribution in [0.3, 0.4) is 0 Å². The van der Waals surface area contributed by atoms with Crippen molar-refractivity contribution in [2.24, 2.45) is 0 Å². The fourth-order valence-electron chi connectivity index (χ4n) is 4.43. The van der Waals surface area contributed by atoms with E-state index in [0.717, 1.165) is 75.7 Å². The van der Waals surface area contributed by atoms with E-state index in [0.29, 0.717) is 10.0 Å². The lowest BCUT2D eigenvalue weighted by Crippen LogP contribution is -2.54. The Morgan fingerprint density at radius 2 is 1.96 bits per heavy atom. The van der Waals surface area contributed by atoms with E-state index in [9.17, 15) is 4.79 Å². The first kappa shape index (κ1) is 19.8. The Balaban J connectivity index is 1.53. The summed E-state index contributed by atoms with van der Waals surface area (Å²) >= 11 is 14.4. The van der Waals surface area contributed by atoms with Crippen molar-refractivity contribution in [2.75, 3.05) is 50.9 Å². The highest BCUT2D eigenvalue weighted by atomic mass is 35.5. The van der Waals surface area contributed by atoms with Gasteiger partial charge in [0.05, 0.1) is 35.2 Å². The van der Waals surface area contributed by atoms with Crippen molar-refractivity contribution < 1.29 is 9.53 Å². The molecule has 1 aromatic carbocycles. The molecule has 7 heteroatoms. The van der Waals surface area contributed by atoms with Gasteiger partial charge in [0.2, 0.25) is 5.91 Å². The Morgan fingerprint density at radius 1 is 1.19 bits per heavy atom. The van der Waals surface area contributed by atoms with Crippen LogP contribution in [0.15, 0.2) is 12.1 Å². The third-order valence-electron chi connectivity index (χ3n) is 5.88. The van der Waals surface area contributed by atoms with E-state index in [1.807, 2.05) is 23.9 Å². The van der Waals surface area contributed by atoms with E-state index >= 15 is 0 Å². The molecule has 2 atom stereocenters. The Morgan fingerprint density at radius 3 is 2.78 bits per heavy atom. The van der Waals surface area contributed by atoms with Crippen LogP contribution in [0.5, 0.6) is 0 Å². The number of nitrogens with zero attached hydrogens (tertiary/aromatic N) is 2. The van der Waals surface area contributed by atoms with Gasteiger partial charge in [-0.15, -0.1) is 0 Å². The molecule has 4 rings (SSSR count). The van der Waals surface area contributed by atoms with E-state index in [4.69, 9.17) is 27.9 Å². The zero-order chi connectivity index (χ0) is 18.8. The summed E-state index contributed by atoms with van der Waals surface area (Å²) in [7, 11) is 0. The summed E-state index contributed by atoms with van der Waals surface area (Å²) in [5.74, 6) is 2.22. The zero-order valence-electron chi connectivity index (χ0n) is 15.5. The summed E-state index contributed by atoms with van der Waals surface area (Å²) in [4.78, 5) is 18.1. The number of rotatable bonds is 3. The van der Waals surface area contributed by atoms with Crippen molar-refractivity contribution >= 4 is 40.9 Å². The van der Waals surface area contributed by atoms with Crippen LogP contribution in [0, 0.1) is 0 Å². The second kappa shape index (κ2) is 8.91. The minimum absolute atomic E-state index is 0.0844. The standard InChI is InChI=1S/C20H26Cl2N2O2S/c21-18-10-14-2-1-3-16(17(14)11-19(18)22)20(25)24-6-9-27-13-15(24)12-23-4-7-26-8-5-23/h10-11,15-16H,1-9,12-13H2. The molecule has 3 aliphatic rings. The average Bonchev–Trinajstić information content (AvgIpc) is 2.69. The second-order valence-corrected chi connectivity index (χ2v) is 9.55. The van der Waals surface area contributed by atoms with Gasteiger partial charge in [-0.05, 0) is 42.5 Å². The molecule has 1 amide bonds. The number of hydrogen-bond donors (Lipinski definition) is 0. The van der Waals surface area contributed by atoms with Crippen molar-refractivity contribution in [3.63, 3.8) is 0 Å². The van der Waals surface area contributed by atoms with E-state index in [-0.39, 0.29) is 17.9 Å². The normalized spacial score (nSPS) is 26.7. The summed E-state index contributed by atoms with van der Waals surface area (Å²) in [6, 6.07) is 4.16. The van der Waals surface area contributed by atoms with Crippen molar-refractivity contribution in [2.45, 2.75) is 31.2 Å². The van der Waals surface area contributed by atoms with Gasteiger partial charge in [0.1, 0.15) is 0 Å². The first-order valence-corrected chi connectivity index (χ1v) is 11.7. The van der Waals surface area contributed by atoms with Crippen molar-refractivity contribution in [1.82, 2.24) is 9.80 Å². The van der Waals surface area contributed by atoms with Gasteiger partial charge in [0.15, 0.2) is 0 Å². The number of amides is 1. The van der Waals surface area contributed by atoms with Crippen LogP contribution < -0.4 is 0 Å². The Labute approximate surface area is 175 Å². The highest BCUT2D eigenvalue weighted by Gasteiger charge is 2.36. The summed E-state index contributed by atoms with van der Waals surface area (Å²) < 4.78 is 5.47. The molecule has 2 heterocycles. The average molecular weight is 429 g/mol. The first-order valence-electron chi connectivity index (χ1n) is 9.79. The number of thioether (sulfide) groups is 1. The highest BCUT2D eigenvalue weighted by Crippen LogP contribution is 2.38. The number of morpholine rings is 1. The van der Waals surface area contributed by atoms with Crippen LogP contribution in [0.25, 0.3) is 0 Å². The molecule has 27 heavy (non-hydrogen) atoms. The number of aryl methyl sites for hydroxylation is 1. The van der Waals surface area contributed by atoms with Gasteiger partial charge in [-0.2, -0.15) is 11.8 Å². The molecule has 2 unspecified atom stereocenters. The summed E-state index contributed by atoms with van der Waals surface area (Å²) in [5.41, 5.74) is 2.27. The predicted octanol–water partition coefficient (Wildman–Crippen LogP) is 3.69. The second-order valence-electron chi connectivity index (χ2n) is 7.58. The van der Waals surface area contributed by atoms with E-state index in [1.54, 1.807) is 0 Å². The summed E-state index contributed by atoms with van der Waals surface area (Å²) in [5, 5.41) is 1.14. The van der Waals surface area contributed by atoms with Gasteiger partial charge in [0, 0.05) is 37.7 Å². The zero-order valence-corrected chi connectivity index (χ0v) is 17.8. The fourth-order valence-corrected chi connectivity index (χ4v) is 5.84. The lowest BCUT2D eigenvalue weighted by molar-refractivity contribution is -0.135. The minimum Gasteiger partial charge on any atom is -0.379 e. The van der Waals surface area contributed by atoms with Gasteiger partial charge in [-0.1, -0.05) is 23.2 Å². The van der Waals surface area contributed by atoms with Gasteiger partial charge in [-0.3, -0.25) is 9.69 Å². The molecule has 0 bridgehead atoms. The smallest absolute Gasteiger partial charge is 0.230 e. The number of hydrogen-bond acceptors (Lipinski definition) is 4. The number of ether oxygens (including phenoxy) is 1. The van der Waals surface area contributed by atoms with Crippen LogP contribution in [0.4, 0.5) is 0 Å². The van der Waals surface area contributed by atoms with Crippen molar-refractivity contribution in [3.8, 4) is 0 Å². The molecule has 0 aromatic heterocycles. The van der Waals surface area contributed by atoms with Crippen LogP contribution >= 0.6 is 35.0 Å². The lowest BCUT2D eigenvalue weighted by Gasteiger charge is -2.41. The number of halogens is 2. The lowest BCUT2D eigenvalue weighted by atomic mass is 9.81. The third-order valence-corrected chi connectivity index (χ3v) is 7.69. The van der Waals surface area contributed by atoms with Crippen LogP contribution in [0.1, 0.15) is 29.9 Å². The van der Waals surface area contributed by atoms with Gasteiger partial charge >= 0.3 is 0 Å². The topological polar surface area (TPSA) is 32.8 Å². The molecule has 0 radical (unpaired) electrons. The van der Waals surface area contributed by atoms with Gasteiger partial charge in [-0.25, -0.2) is 0 Å². The number of fused-ring (bicyclic) bond motifs is 1. The van der Waals surface area contributed by atoms with Crippen LogP contribution in [0.2, 0.25) is 10.0 Å². The van der Waals surface area contributed by atoms with Crippen molar-refractivity contribution in [3.05, 3.63) is 33.3 Å². The Kier molecular flexibility index (Phi) is 6.55. The number of benzene rings is 1. The molecule has 0 saturated carbocycles. The van der Waals surface area contributed by atoms with Gasteiger partial charge in [0.25, 0.3) is 0 Å². The van der Waals surface area contributed by atoms with E-state index in [1.165, 1.54) is 5.56 Å². The maximum Gasteiger partial charge on any atom is 0.230 e. The largest absolute Gasteiger partial charge is 0.379 e.